The lowest BCUT2D eigenvalue weighted by Crippen LogP contribution is -2.50. The predicted octanol–water partition coefficient (Wildman–Crippen LogP) is 2.71. The number of carbonyl (C=O) groups is 1. The molecule has 0 saturated carbocycles. The first-order valence-electron chi connectivity index (χ1n) is 5.99. The van der Waals surface area contributed by atoms with E-state index in [9.17, 15) is 18.7 Å². The van der Waals surface area contributed by atoms with Gasteiger partial charge in [-0.1, -0.05) is 23.8 Å². The molecule has 106 valence electrons. The minimum atomic E-state index is -4.01. The molecule has 0 radical (unpaired) electrons. The number of benzene rings is 1. The van der Waals surface area contributed by atoms with Gasteiger partial charge in [0.1, 0.15) is 0 Å². The monoisotopic (exact) mass is 272 g/mol. The van der Waals surface area contributed by atoms with E-state index < -0.39 is 17.5 Å². The number of rotatable bonds is 4. The zero-order chi connectivity index (χ0) is 14.8. The number of esters is 1. The van der Waals surface area contributed by atoms with Crippen LogP contribution in [0.2, 0.25) is 0 Å². The number of ether oxygens (including phenoxy) is 1. The highest BCUT2D eigenvalue weighted by molar-refractivity contribution is 5.79. The number of hydrogen-bond acceptors (Lipinski definition) is 3. The quantitative estimate of drug-likeness (QED) is 0.857. The molecule has 0 spiro atoms. The van der Waals surface area contributed by atoms with Crippen LogP contribution in [0.15, 0.2) is 18.2 Å². The average Bonchev–Trinajstić information content (AvgIpc) is 2.28. The average molecular weight is 272 g/mol. The smallest absolute Gasteiger partial charge is 0.380 e. The van der Waals surface area contributed by atoms with Gasteiger partial charge in [-0.05, 0) is 38.8 Å². The first kappa shape index (κ1) is 15.6. The van der Waals surface area contributed by atoms with Gasteiger partial charge in [0.2, 0.25) is 0 Å². The summed E-state index contributed by atoms with van der Waals surface area (Å²) in [6.45, 7) is 5.60. The van der Waals surface area contributed by atoms with E-state index in [1.165, 1.54) is 13.0 Å². The molecular weight excluding hydrogens is 254 g/mol. The highest BCUT2D eigenvalue weighted by Gasteiger charge is 2.58. The molecule has 0 saturated heterocycles. The molecule has 3 nitrogen and oxygen atoms in total. The zero-order valence-corrected chi connectivity index (χ0v) is 11.5. The molecule has 0 aliphatic heterocycles. The van der Waals surface area contributed by atoms with Crippen LogP contribution in [0.4, 0.5) is 8.78 Å². The Morgan fingerprint density at radius 2 is 1.95 bits per heavy atom. The van der Waals surface area contributed by atoms with Gasteiger partial charge < -0.3 is 9.84 Å². The molecule has 5 heteroatoms. The summed E-state index contributed by atoms with van der Waals surface area (Å²) >= 11 is 0. The molecule has 1 aromatic rings. The summed E-state index contributed by atoms with van der Waals surface area (Å²) in [5, 5.41) is 10.1. The molecule has 0 heterocycles. The van der Waals surface area contributed by atoms with E-state index in [0.717, 1.165) is 12.5 Å². The standard InChI is InChI=1S/C14H18F2O3/c1-5-19-12(17)14(15,16)13(4,18)11-7-6-9(2)8-10(11)3/h6-8,18H,5H2,1-4H3. The third-order valence-corrected chi connectivity index (χ3v) is 3.05. The topological polar surface area (TPSA) is 46.5 Å². The Labute approximate surface area is 111 Å². The van der Waals surface area contributed by atoms with E-state index in [0.29, 0.717) is 5.56 Å². The SMILES string of the molecule is CCOC(=O)C(F)(F)C(C)(O)c1ccc(C)cc1C. The van der Waals surface area contributed by atoms with Gasteiger partial charge in [0, 0.05) is 0 Å². The normalized spacial score (nSPS) is 14.9. The first-order chi connectivity index (χ1) is 8.64. The molecule has 19 heavy (non-hydrogen) atoms. The molecule has 1 unspecified atom stereocenters. The molecule has 0 aliphatic rings. The van der Waals surface area contributed by atoms with Crippen LogP contribution >= 0.6 is 0 Å². The maximum absolute atomic E-state index is 14.0. The van der Waals surface area contributed by atoms with Crippen LogP contribution in [0.5, 0.6) is 0 Å². The Balaban J connectivity index is 3.25. The summed E-state index contributed by atoms with van der Waals surface area (Å²) in [7, 11) is 0. The minimum absolute atomic E-state index is 0.0103. The molecule has 0 aliphatic carbocycles. The summed E-state index contributed by atoms with van der Waals surface area (Å²) in [6.07, 6.45) is 0. The molecule has 0 aromatic heterocycles. The van der Waals surface area contributed by atoms with Crippen LogP contribution < -0.4 is 0 Å². The summed E-state index contributed by atoms with van der Waals surface area (Å²) in [6, 6.07) is 4.68. The van der Waals surface area contributed by atoms with Crippen molar-refractivity contribution in [3.8, 4) is 0 Å². The molecule has 1 aromatic carbocycles. The first-order valence-corrected chi connectivity index (χ1v) is 5.99. The zero-order valence-electron chi connectivity index (χ0n) is 11.5. The van der Waals surface area contributed by atoms with Gasteiger partial charge in [-0.3, -0.25) is 0 Å². The fourth-order valence-corrected chi connectivity index (χ4v) is 1.95. The summed E-state index contributed by atoms with van der Waals surface area (Å²) < 4.78 is 32.4. The number of aliphatic hydroxyl groups is 1. The van der Waals surface area contributed by atoms with Crippen LogP contribution in [0.1, 0.15) is 30.5 Å². The van der Waals surface area contributed by atoms with E-state index in [2.05, 4.69) is 4.74 Å². The highest BCUT2D eigenvalue weighted by Crippen LogP contribution is 2.39. The number of alkyl halides is 2. The Morgan fingerprint density at radius 1 is 1.37 bits per heavy atom. The van der Waals surface area contributed by atoms with Crippen LogP contribution in [0.3, 0.4) is 0 Å². The van der Waals surface area contributed by atoms with E-state index in [1.54, 1.807) is 19.1 Å². The fourth-order valence-electron chi connectivity index (χ4n) is 1.95. The third-order valence-electron chi connectivity index (χ3n) is 3.05. The van der Waals surface area contributed by atoms with Crippen LogP contribution in [-0.4, -0.2) is 23.6 Å². The number of aryl methyl sites for hydroxylation is 2. The van der Waals surface area contributed by atoms with Crippen LogP contribution in [0.25, 0.3) is 0 Å². The predicted molar refractivity (Wildman–Crippen MR) is 67.1 cm³/mol. The molecule has 0 bridgehead atoms. The Kier molecular flexibility index (Phi) is 4.30. The van der Waals surface area contributed by atoms with Crippen molar-refractivity contribution < 1.29 is 23.4 Å². The molecule has 0 fully saturated rings. The number of hydrogen-bond donors (Lipinski definition) is 1. The fraction of sp³-hybridized carbons (Fsp3) is 0.500. The van der Waals surface area contributed by atoms with Crippen molar-refractivity contribution in [3.05, 3.63) is 34.9 Å². The van der Waals surface area contributed by atoms with Crippen molar-refractivity contribution in [1.82, 2.24) is 0 Å². The number of halogens is 2. The Hall–Kier alpha value is -1.49. The lowest BCUT2D eigenvalue weighted by Gasteiger charge is -2.32. The Morgan fingerprint density at radius 3 is 2.42 bits per heavy atom. The van der Waals surface area contributed by atoms with Crippen molar-refractivity contribution in [2.45, 2.75) is 39.2 Å². The van der Waals surface area contributed by atoms with Gasteiger partial charge in [0.05, 0.1) is 6.61 Å². The molecule has 1 atom stereocenters. The summed E-state index contributed by atoms with van der Waals surface area (Å²) in [4.78, 5) is 11.3. The van der Waals surface area contributed by atoms with Gasteiger partial charge in [-0.25, -0.2) is 4.79 Å². The minimum Gasteiger partial charge on any atom is -0.461 e. The van der Waals surface area contributed by atoms with Crippen molar-refractivity contribution in [3.63, 3.8) is 0 Å². The van der Waals surface area contributed by atoms with Crippen molar-refractivity contribution in [2.24, 2.45) is 0 Å². The van der Waals surface area contributed by atoms with Gasteiger partial charge in [0.25, 0.3) is 0 Å². The van der Waals surface area contributed by atoms with Gasteiger partial charge >= 0.3 is 11.9 Å². The highest BCUT2D eigenvalue weighted by atomic mass is 19.3. The maximum Gasteiger partial charge on any atom is 0.380 e. The van der Waals surface area contributed by atoms with Crippen molar-refractivity contribution in [1.29, 1.82) is 0 Å². The van der Waals surface area contributed by atoms with Crippen LogP contribution in [-0.2, 0) is 15.1 Å². The van der Waals surface area contributed by atoms with Crippen molar-refractivity contribution in [2.75, 3.05) is 6.61 Å². The lowest BCUT2D eigenvalue weighted by atomic mass is 9.85. The molecule has 1 N–H and O–H groups in total. The molecular formula is C14H18F2O3. The second kappa shape index (κ2) is 5.25. The lowest BCUT2D eigenvalue weighted by molar-refractivity contribution is -0.212. The summed E-state index contributed by atoms with van der Waals surface area (Å²) in [5.74, 6) is -5.73. The van der Waals surface area contributed by atoms with Crippen LogP contribution in [0, 0.1) is 13.8 Å². The van der Waals surface area contributed by atoms with E-state index in [-0.39, 0.29) is 12.2 Å². The van der Waals surface area contributed by atoms with E-state index >= 15 is 0 Å². The Bertz CT molecular complexity index is 482. The molecule has 1 rings (SSSR count). The van der Waals surface area contributed by atoms with E-state index in [1.807, 2.05) is 6.92 Å². The second-order valence-electron chi connectivity index (χ2n) is 4.69. The van der Waals surface area contributed by atoms with Gasteiger partial charge in [-0.15, -0.1) is 0 Å². The third kappa shape index (κ3) is 2.76. The van der Waals surface area contributed by atoms with Gasteiger partial charge in [-0.2, -0.15) is 8.78 Å². The largest absolute Gasteiger partial charge is 0.461 e. The van der Waals surface area contributed by atoms with Crippen molar-refractivity contribution >= 4 is 5.97 Å². The van der Waals surface area contributed by atoms with E-state index in [4.69, 9.17) is 0 Å². The molecule has 0 amide bonds. The second-order valence-corrected chi connectivity index (χ2v) is 4.69. The van der Waals surface area contributed by atoms with Gasteiger partial charge in [0.15, 0.2) is 5.60 Å². The number of carbonyl (C=O) groups excluding carboxylic acids is 1. The maximum atomic E-state index is 14.0. The summed E-state index contributed by atoms with van der Waals surface area (Å²) in [5.41, 5.74) is -1.22.